The lowest BCUT2D eigenvalue weighted by Crippen LogP contribution is -2.28. The largest absolute Gasteiger partial charge is 0.483 e. The number of aromatic nitrogens is 1. The Balaban J connectivity index is 1.18. The molecule has 0 spiro atoms. The van der Waals surface area contributed by atoms with E-state index in [1.807, 2.05) is 91.0 Å². The summed E-state index contributed by atoms with van der Waals surface area (Å²) in [6.07, 6.45) is 0. The topological polar surface area (TPSA) is 64.4 Å². The molecule has 5 aromatic rings. The molecule has 152 valence electrons. The minimum atomic E-state index is -0.170. The molecule has 0 unspecified atom stereocenters. The summed E-state index contributed by atoms with van der Waals surface area (Å²) in [7, 11) is 0. The van der Waals surface area contributed by atoms with E-state index in [0.29, 0.717) is 18.2 Å². The quantitative estimate of drug-likeness (QED) is 0.412. The first-order valence-corrected chi connectivity index (χ1v) is 10.1. The highest BCUT2D eigenvalue weighted by Gasteiger charge is 2.09. The second-order valence-electron chi connectivity index (χ2n) is 7.23. The first-order valence-electron chi connectivity index (χ1n) is 10.1. The summed E-state index contributed by atoms with van der Waals surface area (Å²) in [6, 6.07) is 29.2. The van der Waals surface area contributed by atoms with Gasteiger partial charge >= 0.3 is 0 Å². The predicted molar refractivity (Wildman–Crippen MR) is 121 cm³/mol. The molecule has 5 rings (SSSR count). The van der Waals surface area contributed by atoms with Gasteiger partial charge in [0.25, 0.3) is 5.91 Å². The number of rotatable bonds is 6. The molecule has 1 heterocycles. The third kappa shape index (κ3) is 4.12. The molecule has 0 atom stereocenters. The molecule has 0 aliphatic rings. The highest BCUT2D eigenvalue weighted by atomic mass is 16.5. The number of nitrogens with one attached hydrogen (secondary N) is 1. The Morgan fingerprint density at radius 3 is 2.52 bits per heavy atom. The van der Waals surface area contributed by atoms with E-state index < -0.39 is 0 Å². The average molecular weight is 408 g/mol. The van der Waals surface area contributed by atoms with E-state index in [2.05, 4.69) is 10.3 Å². The third-order valence-corrected chi connectivity index (χ3v) is 5.09. The van der Waals surface area contributed by atoms with E-state index in [9.17, 15) is 4.79 Å². The molecule has 4 aromatic carbocycles. The molecule has 5 nitrogen and oxygen atoms in total. The standard InChI is InChI=1S/C26H20N2O3/c29-25(17-30-23-11-5-7-19-6-1-2-8-21(19)23)27-16-18-12-14-20(15-13-18)26-28-22-9-3-4-10-24(22)31-26/h1-15H,16-17H2,(H,27,29). The van der Waals surface area contributed by atoms with Crippen LogP contribution in [-0.4, -0.2) is 17.5 Å². The first kappa shape index (κ1) is 18.9. The number of amides is 1. The van der Waals surface area contributed by atoms with Crippen molar-refractivity contribution in [2.24, 2.45) is 0 Å². The predicted octanol–water partition coefficient (Wildman–Crippen LogP) is 5.34. The maximum absolute atomic E-state index is 12.3. The number of ether oxygens (including phenoxy) is 1. The van der Waals surface area contributed by atoms with Crippen molar-refractivity contribution in [3.05, 3.63) is 96.6 Å². The highest BCUT2D eigenvalue weighted by molar-refractivity contribution is 5.88. The van der Waals surface area contributed by atoms with Crippen LogP contribution < -0.4 is 10.1 Å². The van der Waals surface area contributed by atoms with Crippen LogP contribution in [0.4, 0.5) is 0 Å². The van der Waals surface area contributed by atoms with Crippen LogP contribution in [0.25, 0.3) is 33.3 Å². The Hall–Kier alpha value is -4.12. The van der Waals surface area contributed by atoms with Crippen molar-refractivity contribution < 1.29 is 13.9 Å². The van der Waals surface area contributed by atoms with Crippen molar-refractivity contribution in [1.82, 2.24) is 10.3 Å². The Morgan fingerprint density at radius 2 is 1.65 bits per heavy atom. The molecule has 0 aliphatic carbocycles. The van der Waals surface area contributed by atoms with Gasteiger partial charge in [-0.25, -0.2) is 4.98 Å². The van der Waals surface area contributed by atoms with Gasteiger partial charge in [0.15, 0.2) is 12.2 Å². The molecule has 0 aliphatic heterocycles. The van der Waals surface area contributed by atoms with Gasteiger partial charge in [0.2, 0.25) is 5.89 Å². The zero-order chi connectivity index (χ0) is 21.0. The maximum Gasteiger partial charge on any atom is 0.258 e. The molecule has 0 radical (unpaired) electrons. The molecular formula is C26H20N2O3. The number of fused-ring (bicyclic) bond motifs is 2. The van der Waals surface area contributed by atoms with E-state index in [4.69, 9.17) is 9.15 Å². The second kappa shape index (κ2) is 8.32. The Morgan fingerprint density at radius 1 is 0.871 bits per heavy atom. The van der Waals surface area contributed by atoms with Gasteiger partial charge in [-0.3, -0.25) is 4.79 Å². The fourth-order valence-electron chi connectivity index (χ4n) is 3.48. The van der Waals surface area contributed by atoms with Crippen molar-refractivity contribution in [2.45, 2.75) is 6.54 Å². The molecule has 0 bridgehead atoms. The molecule has 5 heteroatoms. The summed E-state index contributed by atoms with van der Waals surface area (Å²) < 4.78 is 11.5. The summed E-state index contributed by atoms with van der Waals surface area (Å²) in [4.78, 5) is 16.8. The van der Waals surface area contributed by atoms with Gasteiger partial charge in [-0.05, 0) is 41.3 Å². The summed E-state index contributed by atoms with van der Waals surface area (Å²) in [5.74, 6) is 1.12. The maximum atomic E-state index is 12.3. The number of oxazole rings is 1. The van der Waals surface area contributed by atoms with Crippen LogP contribution in [0.3, 0.4) is 0 Å². The van der Waals surface area contributed by atoms with Gasteiger partial charge in [0.05, 0.1) is 0 Å². The molecule has 31 heavy (non-hydrogen) atoms. The van der Waals surface area contributed by atoms with Crippen molar-refractivity contribution >= 4 is 27.8 Å². The lowest BCUT2D eigenvalue weighted by Gasteiger charge is -2.10. The van der Waals surface area contributed by atoms with Gasteiger partial charge in [0, 0.05) is 17.5 Å². The molecular weight excluding hydrogens is 388 g/mol. The normalized spacial score (nSPS) is 11.0. The molecule has 0 saturated heterocycles. The lowest BCUT2D eigenvalue weighted by molar-refractivity contribution is -0.123. The average Bonchev–Trinajstić information content (AvgIpc) is 3.26. The molecule has 1 N–H and O–H groups in total. The molecule has 1 amide bonds. The highest BCUT2D eigenvalue weighted by Crippen LogP contribution is 2.25. The fraction of sp³-hybridized carbons (Fsp3) is 0.0769. The first-order chi connectivity index (χ1) is 15.3. The molecule has 0 saturated carbocycles. The zero-order valence-corrected chi connectivity index (χ0v) is 16.7. The minimum Gasteiger partial charge on any atom is -0.483 e. The van der Waals surface area contributed by atoms with Crippen LogP contribution in [0.15, 0.2) is 95.4 Å². The van der Waals surface area contributed by atoms with Gasteiger partial charge in [0.1, 0.15) is 11.3 Å². The van der Waals surface area contributed by atoms with Crippen molar-refractivity contribution in [3.63, 3.8) is 0 Å². The summed E-state index contributed by atoms with van der Waals surface area (Å²) in [6.45, 7) is 0.389. The number of benzene rings is 4. The number of hydrogen-bond donors (Lipinski definition) is 1. The molecule has 0 fully saturated rings. The summed E-state index contributed by atoms with van der Waals surface area (Å²) >= 11 is 0. The Labute approximate surface area is 179 Å². The number of carbonyl (C=O) groups excluding carboxylic acids is 1. The molecule has 1 aromatic heterocycles. The van der Waals surface area contributed by atoms with Gasteiger partial charge in [-0.1, -0.05) is 60.7 Å². The van der Waals surface area contributed by atoms with Crippen LogP contribution >= 0.6 is 0 Å². The minimum absolute atomic E-state index is 0.0327. The van der Waals surface area contributed by atoms with Gasteiger partial charge in [-0.2, -0.15) is 0 Å². The van der Waals surface area contributed by atoms with Crippen LogP contribution in [0.2, 0.25) is 0 Å². The van der Waals surface area contributed by atoms with Crippen LogP contribution in [0, 0.1) is 0 Å². The van der Waals surface area contributed by atoms with E-state index >= 15 is 0 Å². The van der Waals surface area contributed by atoms with E-state index in [1.54, 1.807) is 0 Å². The van der Waals surface area contributed by atoms with Crippen molar-refractivity contribution in [3.8, 4) is 17.2 Å². The summed E-state index contributed by atoms with van der Waals surface area (Å²) in [5.41, 5.74) is 3.48. The van der Waals surface area contributed by atoms with Crippen LogP contribution in [0.1, 0.15) is 5.56 Å². The second-order valence-corrected chi connectivity index (χ2v) is 7.23. The van der Waals surface area contributed by atoms with Gasteiger partial charge < -0.3 is 14.5 Å². The van der Waals surface area contributed by atoms with E-state index in [-0.39, 0.29) is 12.5 Å². The van der Waals surface area contributed by atoms with Crippen molar-refractivity contribution in [2.75, 3.05) is 6.61 Å². The number of nitrogens with zero attached hydrogens (tertiary/aromatic N) is 1. The van der Waals surface area contributed by atoms with Gasteiger partial charge in [-0.15, -0.1) is 0 Å². The lowest BCUT2D eigenvalue weighted by atomic mass is 10.1. The smallest absolute Gasteiger partial charge is 0.258 e. The third-order valence-electron chi connectivity index (χ3n) is 5.09. The zero-order valence-electron chi connectivity index (χ0n) is 16.7. The fourth-order valence-corrected chi connectivity index (χ4v) is 3.48. The van der Waals surface area contributed by atoms with E-state index in [1.165, 1.54) is 0 Å². The van der Waals surface area contributed by atoms with Crippen LogP contribution in [-0.2, 0) is 11.3 Å². The van der Waals surface area contributed by atoms with Crippen LogP contribution in [0.5, 0.6) is 5.75 Å². The number of para-hydroxylation sites is 2. The SMILES string of the molecule is O=C(COc1cccc2ccccc12)NCc1ccc(-c2nc3ccccc3o2)cc1. The Kier molecular flexibility index (Phi) is 5.07. The Bertz CT molecular complexity index is 1320. The summed E-state index contributed by atoms with van der Waals surface area (Å²) in [5, 5.41) is 4.97. The van der Waals surface area contributed by atoms with E-state index in [0.717, 1.165) is 33.0 Å². The number of hydrogen-bond acceptors (Lipinski definition) is 4. The monoisotopic (exact) mass is 408 g/mol. The number of carbonyl (C=O) groups is 1. The van der Waals surface area contributed by atoms with Crippen molar-refractivity contribution in [1.29, 1.82) is 0 Å².